The van der Waals surface area contributed by atoms with E-state index in [1.165, 1.54) is 11.1 Å². The summed E-state index contributed by atoms with van der Waals surface area (Å²) in [5.74, 6) is 0.637. The number of hydrogen-bond donors (Lipinski definition) is 1. The zero-order chi connectivity index (χ0) is 15.8. The zero-order valence-electron chi connectivity index (χ0n) is 13.2. The van der Waals surface area contributed by atoms with E-state index < -0.39 is 6.10 Å². The van der Waals surface area contributed by atoms with Crippen molar-refractivity contribution in [3.63, 3.8) is 0 Å². The van der Waals surface area contributed by atoms with Crippen molar-refractivity contribution in [1.29, 1.82) is 0 Å². The van der Waals surface area contributed by atoms with Crippen molar-refractivity contribution in [2.24, 2.45) is 0 Å². The first-order valence-corrected chi connectivity index (χ1v) is 7.70. The molecule has 0 radical (unpaired) electrons. The Morgan fingerprint density at radius 1 is 1.14 bits per heavy atom. The third-order valence-corrected chi connectivity index (χ3v) is 3.45. The van der Waals surface area contributed by atoms with Crippen LogP contribution >= 0.6 is 0 Å². The van der Waals surface area contributed by atoms with Gasteiger partial charge in [0.15, 0.2) is 6.10 Å². The standard InChI is InChI=1S/C19H23NO2/c1-15-8-6-9-17(14-15)10-7-13-20-19(21)16(2)22-18-11-4-3-5-12-18/h3-6,8-9,11-12,14,16H,7,10,13H2,1-2H3,(H,20,21)/t16-/m1/s1. The molecule has 0 fully saturated rings. The Morgan fingerprint density at radius 2 is 1.91 bits per heavy atom. The summed E-state index contributed by atoms with van der Waals surface area (Å²) in [6, 6.07) is 17.9. The number of aryl methyl sites for hydroxylation is 2. The van der Waals surface area contributed by atoms with Gasteiger partial charge in [-0.25, -0.2) is 0 Å². The molecule has 2 aromatic rings. The lowest BCUT2D eigenvalue weighted by Gasteiger charge is -2.14. The molecule has 22 heavy (non-hydrogen) atoms. The molecule has 0 heterocycles. The Hall–Kier alpha value is -2.29. The maximum absolute atomic E-state index is 12.0. The smallest absolute Gasteiger partial charge is 0.260 e. The summed E-state index contributed by atoms with van der Waals surface area (Å²) in [5.41, 5.74) is 2.58. The van der Waals surface area contributed by atoms with Crippen LogP contribution in [0.5, 0.6) is 5.75 Å². The van der Waals surface area contributed by atoms with Gasteiger partial charge in [0.25, 0.3) is 5.91 Å². The zero-order valence-corrected chi connectivity index (χ0v) is 13.2. The van der Waals surface area contributed by atoms with Gasteiger partial charge in [0.1, 0.15) is 5.75 Å². The van der Waals surface area contributed by atoms with Crippen LogP contribution in [-0.4, -0.2) is 18.6 Å². The molecule has 116 valence electrons. The molecule has 0 unspecified atom stereocenters. The highest BCUT2D eigenvalue weighted by Gasteiger charge is 2.13. The van der Waals surface area contributed by atoms with Crippen molar-refractivity contribution < 1.29 is 9.53 Å². The number of rotatable bonds is 7. The predicted octanol–water partition coefficient (Wildman–Crippen LogP) is 3.51. The molecular weight excluding hydrogens is 274 g/mol. The van der Waals surface area contributed by atoms with Gasteiger partial charge in [-0.3, -0.25) is 4.79 Å². The molecule has 1 amide bonds. The number of carbonyl (C=O) groups excluding carboxylic acids is 1. The lowest BCUT2D eigenvalue weighted by molar-refractivity contribution is -0.127. The van der Waals surface area contributed by atoms with Crippen LogP contribution in [-0.2, 0) is 11.2 Å². The fourth-order valence-electron chi connectivity index (χ4n) is 2.27. The second-order valence-corrected chi connectivity index (χ2v) is 5.46. The molecule has 0 bridgehead atoms. The van der Waals surface area contributed by atoms with E-state index in [9.17, 15) is 4.79 Å². The predicted molar refractivity (Wildman–Crippen MR) is 89.0 cm³/mol. The number of ether oxygens (including phenoxy) is 1. The maximum Gasteiger partial charge on any atom is 0.260 e. The molecule has 1 atom stereocenters. The van der Waals surface area contributed by atoms with Crippen LogP contribution < -0.4 is 10.1 Å². The minimum absolute atomic E-state index is 0.0758. The first-order chi connectivity index (χ1) is 10.6. The number of nitrogens with one attached hydrogen (secondary N) is 1. The van der Waals surface area contributed by atoms with E-state index in [4.69, 9.17) is 4.74 Å². The SMILES string of the molecule is Cc1cccc(CCCNC(=O)[C@@H](C)Oc2ccccc2)c1. The molecule has 3 nitrogen and oxygen atoms in total. The fraction of sp³-hybridized carbons (Fsp3) is 0.316. The summed E-state index contributed by atoms with van der Waals surface area (Å²) in [5, 5.41) is 2.92. The summed E-state index contributed by atoms with van der Waals surface area (Å²) >= 11 is 0. The van der Waals surface area contributed by atoms with Crippen molar-refractivity contribution >= 4 is 5.91 Å². The van der Waals surface area contributed by atoms with E-state index >= 15 is 0 Å². The Bertz CT molecular complexity index is 595. The van der Waals surface area contributed by atoms with Gasteiger partial charge in [-0.05, 0) is 44.4 Å². The van der Waals surface area contributed by atoms with E-state index in [2.05, 4.69) is 36.5 Å². The molecule has 3 heteroatoms. The van der Waals surface area contributed by atoms with Crippen LogP contribution in [0, 0.1) is 6.92 Å². The summed E-state index contributed by atoms with van der Waals surface area (Å²) < 4.78 is 5.60. The molecule has 0 aliphatic carbocycles. The number of para-hydroxylation sites is 1. The topological polar surface area (TPSA) is 38.3 Å². The molecule has 0 aliphatic rings. The van der Waals surface area contributed by atoms with E-state index in [0.29, 0.717) is 12.3 Å². The fourth-order valence-corrected chi connectivity index (χ4v) is 2.27. The second kappa shape index (κ2) is 8.23. The van der Waals surface area contributed by atoms with Crippen molar-refractivity contribution in [2.45, 2.75) is 32.8 Å². The number of carbonyl (C=O) groups is 1. The normalized spacial score (nSPS) is 11.7. The van der Waals surface area contributed by atoms with E-state index in [1.54, 1.807) is 6.92 Å². The molecule has 1 N–H and O–H groups in total. The number of benzene rings is 2. The average Bonchev–Trinajstić information content (AvgIpc) is 2.52. The van der Waals surface area contributed by atoms with Gasteiger partial charge in [-0.15, -0.1) is 0 Å². The molecule has 2 aromatic carbocycles. The van der Waals surface area contributed by atoms with Crippen molar-refractivity contribution in [3.05, 3.63) is 65.7 Å². The Kier molecular flexibility index (Phi) is 6.01. The number of amides is 1. The molecule has 0 saturated heterocycles. The lowest BCUT2D eigenvalue weighted by Crippen LogP contribution is -2.36. The van der Waals surface area contributed by atoms with Crippen LogP contribution in [0.4, 0.5) is 0 Å². The van der Waals surface area contributed by atoms with Crippen LogP contribution in [0.15, 0.2) is 54.6 Å². The van der Waals surface area contributed by atoms with Crippen molar-refractivity contribution in [3.8, 4) is 5.75 Å². The van der Waals surface area contributed by atoms with Gasteiger partial charge >= 0.3 is 0 Å². The van der Waals surface area contributed by atoms with Gasteiger partial charge in [-0.1, -0.05) is 48.0 Å². The van der Waals surface area contributed by atoms with Crippen molar-refractivity contribution in [1.82, 2.24) is 5.32 Å². The molecule has 2 rings (SSSR count). The Labute approximate surface area is 132 Å². The second-order valence-electron chi connectivity index (χ2n) is 5.46. The highest BCUT2D eigenvalue weighted by Crippen LogP contribution is 2.11. The largest absolute Gasteiger partial charge is 0.481 e. The number of hydrogen-bond acceptors (Lipinski definition) is 2. The van der Waals surface area contributed by atoms with Crippen LogP contribution in [0.25, 0.3) is 0 Å². The Balaban J connectivity index is 1.69. The lowest BCUT2D eigenvalue weighted by atomic mass is 10.1. The average molecular weight is 297 g/mol. The summed E-state index contributed by atoms with van der Waals surface area (Å²) in [7, 11) is 0. The van der Waals surface area contributed by atoms with Crippen molar-refractivity contribution in [2.75, 3.05) is 6.54 Å². The van der Waals surface area contributed by atoms with Gasteiger partial charge in [0.05, 0.1) is 0 Å². The van der Waals surface area contributed by atoms with E-state index in [-0.39, 0.29) is 5.91 Å². The summed E-state index contributed by atoms with van der Waals surface area (Å²) in [4.78, 5) is 12.0. The van der Waals surface area contributed by atoms with E-state index in [1.807, 2.05) is 30.3 Å². The molecule has 0 aromatic heterocycles. The van der Waals surface area contributed by atoms with Crippen LogP contribution in [0.2, 0.25) is 0 Å². The quantitative estimate of drug-likeness (QED) is 0.794. The third kappa shape index (κ3) is 5.24. The highest BCUT2D eigenvalue weighted by molar-refractivity contribution is 5.80. The van der Waals surface area contributed by atoms with Gasteiger partial charge in [0.2, 0.25) is 0 Å². The monoisotopic (exact) mass is 297 g/mol. The molecule has 0 saturated carbocycles. The summed E-state index contributed by atoms with van der Waals surface area (Å²) in [6.07, 6.45) is 1.41. The minimum atomic E-state index is -0.485. The van der Waals surface area contributed by atoms with Gasteiger partial charge in [0, 0.05) is 6.54 Å². The molecule has 0 aliphatic heterocycles. The first kappa shape index (κ1) is 16.1. The molecular formula is C19H23NO2. The Morgan fingerprint density at radius 3 is 2.64 bits per heavy atom. The highest BCUT2D eigenvalue weighted by atomic mass is 16.5. The third-order valence-electron chi connectivity index (χ3n) is 3.45. The minimum Gasteiger partial charge on any atom is -0.481 e. The summed E-state index contributed by atoms with van der Waals surface area (Å²) in [6.45, 7) is 4.52. The van der Waals surface area contributed by atoms with Gasteiger partial charge in [-0.2, -0.15) is 0 Å². The van der Waals surface area contributed by atoms with E-state index in [0.717, 1.165) is 12.8 Å². The maximum atomic E-state index is 12.0. The molecule has 0 spiro atoms. The first-order valence-electron chi connectivity index (χ1n) is 7.70. The van der Waals surface area contributed by atoms with Crippen LogP contribution in [0.1, 0.15) is 24.5 Å². The van der Waals surface area contributed by atoms with Gasteiger partial charge < -0.3 is 10.1 Å². The van der Waals surface area contributed by atoms with Crippen LogP contribution in [0.3, 0.4) is 0 Å².